The minimum atomic E-state index is -1.37. The Balaban J connectivity index is 1.65. The first kappa shape index (κ1) is 26.9. The minimum Gasteiger partial charge on any atom is -0.465 e. The van der Waals surface area contributed by atoms with Gasteiger partial charge in [-0.05, 0) is 49.4 Å². The van der Waals surface area contributed by atoms with Crippen LogP contribution in [-0.2, 0) is 23.9 Å². The van der Waals surface area contributed by atoms with Crippen LogP contribution in [0, 0.1) is 17.8 Å². The topological polar surface area (TPSA) is 96.4 Å². The lowest BCUT2D eigenvalue weighted by Crippen LogP contribution is -2.59. The fourth-order valence-corrected chi connectivity index (χ4v) is 6.51. The molecule has 38 heavy (non-hydrogen) atoms. The van der Waals surface area contributed by atoms with Crippen molar-refractivity contribution in [1.29, 1.82) is 0 Å². The van der Waals surface area contributed by atoms with E-state index < -0.39 is 41.6 Å². The summed E-state index contributed by atoms with van der Waals surface area (Å²) >= 11 is 6.10. The van der Waals surface area contributed by atoms with Crippen LogP contribution >= 0.6 is 11.6 Å². The van der Waals surface area contributed by atoms with Crippen molar-refractivity contribution in [2.45, 2.75) is 63.3 Å². The van der Waals surface area contributed by atoms with Gasteiger partial charge in [0.25, 0.3) is 5.91 Å². The molecule has 2 amide bonds. The summed E-state index contributed by atoms with van der Waals surface area (Å²) in [6.45, 7) is 4.17. The van der Waals surface area contributed by atoms with Crippen molar-refractivity contribution in [1.82, 2.24) is 4.90 Å². The molecule has 4 aliphatic heterocycles. The predicted molar refractivity (Wildman–Crippen MR) is 142 cm³/mol. The van der Waals surface area contributed by atoms with E-state index in [-0.39, 0.29) is 37.5 Å². The molecule has 0 radical (unpaired) electrons. The number of allylic oxidation sites excluding steroid dienone is 1. The maximum atomic E-state index is 14.4. The number of anilines is 1. The molecule has 1 aromatic rings. The molecule has 1 spiro atoms. The van der Waals surface area contributed by atoms with E-state index in [0.717, 1.165) is 19.3 Å². The number of esters is 1. The summed E-state index contributed by atoms with van der Waals surface area (Å²) in [6.07, 6.45) is 9.89. The molecule has 0 bridgehead atoms. The van der Waals surface area contributed by atoms with Crippen LogP contribution in [0.4, 0.5) is 5.69 Å². The molecule has 0 saturated carbocycles. The van der Waals surface area contributed by atoms with E-state index in [1.165, 1.54) is 4.90 Å². The fourth-order valence-electron chi connectivity index (χ4n) is 6.38. The molecule has 1 N–H and O–H groups in total. The van der Waals surface area contributed by atoms with Gasteiger partial charge in [-0.25, -0.2) is 0 Å². The highest BCUT2D eigenvalue weighted by Gasteiger charge is 2.72. The second-order valence-corrected chi connectivity index (χ2v) is 11.1. The number of halogens is 1. The second kappa shape index (κ2) is 10.8. The first-order chi connectivity index (χ1) is 18.3. The van der Waals surface area contributed by atoms with Gasteiger partial charge in [-0.2, -0.15) is 0 Å². The van der Waals surface area contributed by atoms with Crippen molar-refractivity contribution in [3.63, 3.8) is 0 Å². The zero-order valence-electron chi connectivity index (χ0n) is 21.8. The molecule has 4 aliphatic rings. The van der Waals surface area contributed by atoms with E-state index in [1.54, 1.807) is 35.2 Å². The van der Waals surface area contributed by atoms with Gasteiger partial charge in [0.2, 0.25) is 5.91 Å². The van der Waals surface area contributed by atoms with E-state index in [0.29, 0.717) is 17.1 Å². The Labute approximate surface area is 228 Å². The van der Waals surface area contributed by atoms with Crippen molar-refractivity contribution < 1.29 is 29.0 Å². The van der Waals surface area contributed by atoms with E-state index in [4.69, 9.17) is 21.1 Å². The summed E-state index contributed by atoms with van der Waals surface area (Å²) in [4.78, 5) is 45.3. The second-order valence-electron chi connectivity index (χ2n) is 10.6. The van der Waals surface area contributed by atoms with E-state index in [2.05, 4.69) is 0 Å². The van der Waals surface area contributed by atoms with Gasteiger partial charge in [0.15, 0.2) is 0 Å². The number of hydrogen-bond donors (Lipinski definition) is 1. The van der Waals surface area contributed by atoms with E-state index >= 15 is 0 Å². The third-order valence-corrected chi connectivity index (χ3v) is 8.77. The van der Waals surface area contributed by atoms with Crippen LogP contribution in [0.3, 0.4) is 0 Å². The average molecular weight is 543 g/mol. The summed E-state index contributed by atoms with van der Waals surface area (Å²) in [6, 6.07) is 5.28. The maximum absolute atomic E-state index is 14.4. The Morgan fingerprint density at radius 1 is 1.13 bits per heavy atom. The number of fused-ring (bicyclic) bond motifs is 2. The zero-order chi connectivity index (χ0) is 27.0. The van der Waals surface area contributed by atoms with Gasteiger partial charge in [-0.3, -0.25) is 14.4 Å². The van der Waals surface area contributed by atoms with Crippen LogP contribution in [-0.4, -0.2) is 71.3 Å². The van der Waals surface area contributed by atoms with Gasteiger partial charge in [0.05, 0.1) is 31.3 Å². The monoisotopic (exact) mass is 542 g/mol. The Morgan fingerprint density at radius 2 is 1.89 bits per heavy atom. The number of nitrogens with zero attached hydrogens (tertiary/aromatic N) is 2. The fraction of sp³-hybridized carbons (Fsp3) is 0.552. The lowest BCUT2D eigenvalue weighted by atomic mass is 9.78. The van der Waals surface area contributed by atoms with Crippen LogP contribution in [0.25, 0.3) is 0 Å². The van der Waals surface area contributed by atoms with Crippen LogP contribution in [0.2, 0.25) is 5.02 Å². The quantitative estimate of drug-likeness (QED) is 0.452. The third-order valence-electron chi connectivity index (χ3n) is 8.52. The van der Waals surface area contributed by atoms with Crippen molar-refractivity contribution in [2.24, 2.45) is 17.8 Å². The number of likely N-dealkylation sites (tertiary alicyclic amines) is 1. The normalized spacial score (nSPS) is 33.6. The molecule has 8 nitrogen and oxygen atoms in total. The van der Waals surface area contributed by atoms with Crippen LogP contribution in [0.1, 0.15) is 39.5 Å². The molecule has 2 saturated heterocycles. The van der Waals surface area contributed by atoms with Crippen molar-refractivity contribution >= 4 is 35.1 Å². The number of cyclic esters (lactones) is 1. The van der Waals surface area contributed by atoms with E-state index in [9.17, 15) is 19.5 Å². The molecule has 0 aromatic heterocycles. The molecule has 1 aromatic carbocycles. The minimum absolute atomic E-state index is 0.0875. The number of aliphatic hydroxyl groups is 1. The average Bonchev–Trinajstić information content (AvgIpc) is 3.30. The van der Waals surface area contributed by atoms with Gasteiger partial charge in [0.1, 0.15) is 17.6 Å². The number of aliphatic hydroxyl groups excluding tert-OH is 1. The Hall–Kier alpha value is -2.68. The van der Waals surface area contributed by atoms with Gasteiger partial charge < -0.3 is 24.4 Å². The molecule has 0 aliphatic carbocycles. The first-order valence-electron chi connectivity index (χ1n) is 13.5. The summed E-state index contributed by atoms with van der Waals surface area (Å²) in [7, 11) is 0. The summed E-state index contributed by atoms with van der Waals surface area (Å²) < 4.78 is 12.3. The van der Waals surface area contributed by atoms with Crippen molar-refractivity contribution in [2.75, 3.05) is 24.7 Å². The highest BCUT2D eigenvalue weighted by Crippen LogP contribution is 2.54. The van der Waals surface area contributed by atoms with Crippen LogP contribution in [0.5, 0.6) is 0 Å². The molecule has 2 fully saturated rings. The van der Waals surface area contributed by atoms with Crippen molar-refractivity contribution in [3.05, 3.63) is 53.6 Å². The lowest BCUT2D eigenvalue weighted by Gasteiger charge is -2.40. The van der Waals surface area contributed by atoms with Gasteiger partial charge in [0, 0.05) is 17.3 Å². The maximum Gasteiger partial charge on any atom is 0.312 e. The number of hydrogen-bond acceptors (Lipinski definition) is 6. The Morgan fingerprint density at radius 3 is 2.61 bits per heavy atom. The summed E-state index contributed by atoms with van der Waals surface area (Å²) in [5.74, 6) is -3.09. The van der Waals surface area contributed by atoms with Gasteiger partial charge >= 0.3 is 5.97 Å². The molecule has 1 unspecified atom stereocenters. The SMILES string of the molecule is CC[C@H](C)[C@H](CO)N1C(=O)[C@@H]2[C@H]3C(=O)OCCCC/C=C\[C@H]3O[C@@]23C=CCN(c2ccc(Cl)cc2)C(=O)C13. The number of amides is 2. The predicted octanol–water partition coefficient (Wildman–Crippen LogP) is 3.51. The number of carbonyl (C=O) groups excluding carboxylic acids is 3. The summed E-state index contributed by atoms with van der Waals surface area (Å²) in [5, 5.41) is 11.0. The van der Waals surface area contributed by atoms with Crippen LogP contribution < -0.4 is 4.90 Å². The molecular formula is C29H35ClN2O6. The third kappa shape index (κ3) is 4.36. The smallest absolute Gasteiger partial charge is 0.312 e. The highest BCUT2D eigenvalue weighted by molar-refractivity contribution is 6.30. The number of benzene rings is 1. The summed E-state index contributed by atoms with van der Waals surface area (Å²) in [5.41, 5.74) is -0.736. The zero-order valence-corrected chi connectivity index (χ0v) is 22.5. The van der Waals surface area contributed by atoms with Crippen molar-refractivity contribution in [3.8, 4) is 0 Å². The molecular weight excluding hydrogens is 508 g/mol. The highest BCUT2D eigenvalue weighted by atomic mass is 35.5. The molecule has 7 atom stereocenters. The molecule has 204 valence electrons. The van der Waals surface area contributed by atoms with E-state index in [1.807, 2.05) is 32.1 Å². The molecule has 5 rings (SSSR count). The Bertz CT molecular complexity index is 1140. The number of rotatable bonds is 5. The standard InChI is InChI=1S/C29H35ClN2O6/c1-3-18(2)21(17-33)32-25-27(35)31(20-12-10-19(30)11-13-20)15-8-14-29(25)24(26(32)34)23-22(38-29)9-6-4-5-7-16-37-28(23)36/h6,8-14,18,21-25,33H,3-5,7,15-17H2,1-2H3/b9-6-/t18-,21-,22+,23-,24-,25?,29-/m0/s1. The number of ether oxygens (including phenoxy) is 2. The van der Waals surface area contributed by atoms with Crippen LogP contribution in [0.15, 0.2) is 48.6 Å². The largest absolute Gasteiger partial charge is 0.465 e. The lowest BCUT2D eigenvalue weighted by molar-refractivity contribution is -0.155. The van der Waals surface area contributed by atoms with Gasteiger partial charge in [-0.1, -0.05) is 56.2 Å². The first-order valence-corrected chi connectivity index (χ1v) is 13.9. The Kier molecular flexibility index (Phi) is 7.67. The van der Waals surface area contributed by atoms with Gasteiger partial charge in [-0.15, -0.1) is 0 Å². The molecule has 4 heterocycles. The number of carbonyl (C=O) groups is 3. The molecule has 9 heteroatoms.